The molecular weight excluding hydrogens is 134 g/mol. The van der Waals surface area contributed by atoms with Gasteiger partial charge in [0.25, 0.3) is 0 Å². The van der Waals surface area contributed by atoms with Gasteiger partial charge in [0, 0.05) is 11.8 Å². The van der Waals surface area contributed by atoms with Gasteiger partial charge in [0.15, 0.2) is 0 Å². The summed E-state index contributed by atoms with van der Waals surface area (Å²) in [6, 6.07) is 0.483. The molecule has 11 heavy (non-hydrogen) atoms. The molecule has 0 radical (unpaired) electrons. The van der Waals surface area contributed by atoms with E-state index >= 15 is 0 Å². The maximum atomic E-state index is 4.49. The van der Waals surface area contributed by atoms with E-state index in [2.05, 4.69) is 18.8 Å². The predicted octanol–water partition coefficient (Wildman–Crippen LogP) is 3.21. The van der Waals surface area contributed by atoms with Crippen molar-refractivity contribution in [3.63, 3.8) is 0 Å². The first kappa shape index (κ1) is 10.4. The van der Waals surface area contributed by atoms with Crippen LogP contribution in [0.1, 0.15) is 40.5 Å². The van der Waals surface area contributed by atoms with E-state index in [1.165, 1.54) is 12.8 Å². The molecule has 0 heterocycles. The average molecular weight is 153 g/mol. The fraction of sp³-hybridized carbons (Fsp3) is 0.700. The molecule has 0 aromatic heterocycles. The molecule has 1 atom stereocenters. The quantitative estimate of drug-likeness (QED) is 0.550. The molecule has 1 unspecified atom stereocenters. The Labute approximate surface area is 70.2 Å². The van der Waals surface area contributed by atoms with Crippen molar-refractivity contribution in [1.29, 1.82) is 0 Å². The van der Waals surface area contributed by atoms with Crippen molar-refractivity contribution in [3.8, 4) is 0 Å². The third kappa shape index (κ3) is 5.84. The molecule has 0 fully saturated rings. The van der Waals surface area contributed by atoms with E-state index in [1.54, 1.807) is 0 Å². The molecule has 1 heteroatoms. The smallest absolute Gasteiger partial charge is 0.0474 e. The van der Waals surface area contributed by atoms with Crippen LogP contribution >= 0.6 is 0 Å². The summed E-state index contributed by atoms with van der Waals surface area (Å²) in [4.78, 5) is 4.49. The maximum absolute atomic E-state index is 4.49. The maximum Gasteiger partial charge on any atom is 0.0474 e. The first-order valence-electron chi connectivity index (χ1n) is 4.37. The normalized spacial score (nSPS) is 15.8. The Morgan fingerprint density at radius 1 is 1.55 bits per heavy atom. The minimum absolute atomic E-state index is 0.483. The van der Waals surface area contributed by atoms with Gasteiger partial charge in [-0.3, -0.25) is 4.99 Å². The largest absolute Gasteiger partial charge is 0.287 e. The number of allylic oxidation sites excluding steroid dienone is 2. The minimum Gasteiger partial charge on any atom is -0.287 e. The minimum atomic E-state index is 0.483. The highest BCUT2D eigenvalue weighted by Crippen LogP contribution is 2.00. The highest BCUT2D eigenvalue weighted by atomic mass is 14.8. The second kappa shape index (κ2) is 6.14. The Balaban J connectivity index is 3.85. The monoisotopic (exact) mass is 153 g/mol. The van der Waals surface area contributed by atoms with Gasteiger partial charge < -0.3 is 0 Å². The summed E-state index contributed by atoms with van der Waals surface area (Å²) >= 11 is 0. The molecule has 0 aliphatic rings. The zero-order valence-electron chi connectivity index (χ0n) is 8.09. The van der Waals surface area contributed by atoms with Crippen molar-refractivity contribution in [3.05, 3.63) is 12.2 Å². The van der Waals surface area contributed by atoms with Gasteiger partial charge in [0.2, 0.25) is 0 Å². The molecule has 0 aromatic rings. The van der Waals surface area contributed by atoms with Crippen LogP contribution in [0.5, 0.6) is 0 Å². The molecule has 0 N–H and O–H groups in total. The van der Waals surface area contributed by atoms with Crippen LogP contribution in [0.3, 0.4) is 0 Å². The van der Waals surface area contributed by atoms with E-state index in [1.807, 2.05) is 26.0 Å². The topological polar surface area (TPSA) is 12.4 Å². The van der Waals surface area contributed by atoms with Crippen LogP contribution in [-0.2, 0) is 0 Å². The molecular formula is C10H19N. The summed E-state index contributed by atoms with van der Waals surface area (Å²) < 4.78 is 0. The van der Waals surface area contributed by atoms with Crippen LogP contribution in [0, 0.1) is 0 Å². The van der Waals surface area contributed by atoms with Gasteiger partial charge in [0.05, 0.1) is 0 Å². The van der Waals surface area contributed by atoms with Crippen LogP contribution in [0.15, 0.2) is 17.1 Å². The zero-order valence-corrected chi connectivity index (χ0v) is 8.09. The van der Waals surface area contributed by atoms with E-state index in [0.29, 0.717) is 6.04 Å². The molecule has 0 spiro atoms. The first-order valence-corrected chi connectivity index (χ1v) is 4.37. The lowest BCUT2D eigenvalue weighted by Crippen LogP contribution is -2.00. The molecule has 0 bridgehead atoms. The third-order valence-corrected chi connectivity index (χ3v) is 1.54. The van der Waals surface area contributed by atoms with Gasteiger partial charge in [0.1, 0.15) is 0 Å². The van der Waals surface area contributed by atoms with Crippen LogP contribution in [0.2, 0.25) is 0 Å². The van der Waals surface area contributed by atoms with Crippen molar-refractivity contribution >= 4 is 5.71 Å². The standard InChI is InChI=1S/C10H19N/c1-5-7-9(3)11-10(4)8-6-2/h5,7,10H,6,8H2,1-4H3/b7-5-,11-9?. The lowest BCUT2D eigenvalue weighted by Gasteiger charge is -2.03. The van der Waals surface area contributed by atoms with Crippen LogP contribution in [-0.4, -0.2) is 11.8 Å². The summed E-state index contributed by atoms with van der Waals surface area (Å²) in [5, 5.41) is 0. The molecule has 0 rings (SSSR count). The lowest BCUT2D eigenvalue weighted by atomic mass is 10.2. The van der Waals surface area contributed by atoms with Crippen LogP contribution in [0.4, 0.5) is 0 Å². The van der Waals surface area contributed by atoms with Gasteiger partial charge in [-0.2, -0.15) is 0 Å². The van der Waals surface area contributed by atoms with Crippen molar-refractivity contribution in [2.75, 3.05) is 0 Å². The molecule has 0 aliphatic carbocycles. The molecule has 0 saturated heterocycles. The number of rotatable bonds is 4. The fourth-order valence-corrected chi connectivity index (χ4v) is 1.11. The Morgan fingerprint density at radius 3 is 2.64 bits per heavy atom. The summed E-state index contributed by atoms with van der Waals surface area (Å²) in [6.45, 7) is 8.42. The van der Waals surface area contributed by atoms with Gasteiger partial charge >= 0.3 is 0 Å². The summed E-state index contributed by atoms with van der Waals surface area (Å²) in [7, 11) is 0. The van der Waals surface area contributed by atoms with Crippen molar-refractivity contribution in [2.24, 2.45) is 4.99 Å². The molecule has 64 valence electrons. The number of nitrogens with zero attached hydrogens (tertiary/aromatic N) is 1. The second-order valence-corrected chi connectivity index (χ2v) is 2.91. The predicted molar refractivity (Wildman–Crippen MR) is 52.3 cm³/mol. The Bertz CT molecular complexity index is 145. The molecule has 1 nitrogen and oxygen atoms in total. The van der Waals surface area contributed by atoms with Gasteiger partial charge in [-0.25, -0.2) is 0 Å². The highest BCUT2D eigenvalue weighted by Gasteiger charge is 1.95. The molecule has 0 aromatic carbocycles. The third-order valence-electron chi connectivity index (χ3n) is 1.54. The summed E-state index contributed by atoms with van der Waals surface area (Å²) in [5.41, 5.74) is 1.13. The Kier molecular flexibility index (Phi) is 5.81. The van der Waals surface area contributed by atoms with Gasteiger partial charge in [-0.15, -0.1) is 0 Å². The summed E-state index contributed by atoms with van der Waals surface area (Å²) in [5.74, 6) is 0. The van der Waals surface area contributed by atoms with E-state index < -0.39 is 0 Å². The molecule has 0 aliphatic heterocycles. The lowest BCUT2D eigenvalue weighted by molar-refractivity contribution is 0.655. The number of hydrogen-bond acceptors (Lipinski definition) is 1. The van der Waals surface area contributed by atoms with Gasteiger partial charge in [-0.05, 0) is 33.3 Å². The van der Waals surface area contributed by atoms with Crippen molar-refractivity contribution < 1.29 is 0 Å². The van der Waals surface area contributed by atoms with E-state index in [0.717, 1.165) is 5.71 Å². The zero-order chi connectivity index (χ0) is 8.69. The van der Waals surface area contributed by atoms with E-state index in [9.17, 15) is 0 Å². The SMILES string of the molecule is C/C=C\C(C)=NC(C)CCC. The number of aliphatic imine (C=N–C) groups is 1. The first-order chi connectivity index (χ1) is 5.20. The number of hydrogen-bond donors (Lipinski definition) is 0. The Hall–Kier alpha value is -0.590. The average Bonchev–Trinajstić information content (AvgIpc) is 1.87. The fourth-order valence-electron chi connectivity index (χ4n) is 1.11. The molecule has 0 amide bonds. The van der Waals surface area contributed by atoms with Crippen molar-refractivity contribution in [2.45, 2.75) is 46.6 Å². The van der Waals surface area contributed by atoms with Gasteiger partial charge in [-0.1, -0.05) is 19.4 Å². The van der Waals surface area contributed by atoms with Crippen LogP contribution in [0.25, 0.3) is 0 Å². The Morgan fingerprint density at radius 2 is 2.18 bits per heavy atom. The summed E-state index contributed by atoms with van der Waals surface area (Å²) in [6.07, 6.45) is 6.48. The van der Waals surface area contributed by atoms with Crippen LogP contribution < -0.4 is 0 Å². The van der Waals surface area contributed by atoms with Crippen molar-refractivity contribution in [1.82, 2.24) is 0 Å². The van der Waals surface area contributed by atoms with E-state index in [4.69, 9.17) is 0 Å². The molecule has 0 saturated carbocycles. The highest BCUT2D eigenvalue weighted by molar-refractivity contribution is 5.92. The second-order valence-electron chi connectivity index (χ2n) is 2.91. The van der Waals surface area contributed by atoms with E-state index in [-0.39, 0.29) is 0 Å².